The number of aromatic nitrogens is 1. The van der Waals surface area contributed by atoms with Crippen LogP contribution in [0, 0.1) is 5.92 Å². The lowest BCUT2D eigenvalue weighted by Gasteiger charge is -2.08. The van der Waals surface area contributed by atoms with Crippen molar-refractivity contribution in [1.82, 2.24) is 10.3 Å². The van der Waals surface area contributed by atoms with Crippen LogP contribution in [0.15, 0.2) is 24.5 Å². The van der Waals surface area contributed by atoms with Crippen LogP contribution >= 0.6 is 0 Å². The predicted molar refractivity (Wildman–Crippen MR) is 54.9 cm³/mol. The normalized spacial score (nSPS) is 21.3. The number of ether oxygens (including phenoxy) is 1. The van der Waals surface area contributed by atoms with Gasteiger partial charge in [-0.25, -0.2) is 0 Å². The monoisotopic (exact) mass is 192 g/mol. The molecule has 1 aliphatic rings. The molecular weight excluding hydrogens is 176 g/mol. The van der Waals surface area contributed by atoms with Gasteiger partial charge in [0.05, 0.1) is 6.61 Å². The first-order valence-corrected chi connectivity index (χ1v) is 5.12. The Morgan fingerprint density at radius 3 is 3.29 bits per heavy atom. The predicted octanol–water partition coefficient (Wildman–Crippen LogP) is 1.21. The quantitative estimate of drug-likeness (QED) is 0.778. The molecular formula is C11H16N2O. The van der Waals surface area contributed by atoms with E-state index in [0.717, 1.165) is 26.3 Å². The molecule has 76 valence electrons. The summed E-state index contributed by atoms with van der Waals surface area (Å²) >= 11 is 0. The van der Waals surface area contributed by atoms with Crippen LogP contribution in [0.4, 0.5) is 0 Å². The van der Waals surface area contributed by atoms with Gasteiger partial charge in [0, 0.05) is 32.1 Å². The van der Waals surface area contributed by atoms with Crippen molar-refractivity contribution in [3.8, 4) is 0 Å². The number of rotatable bonds is 4. The fourth-order valence-corrected chi connectivity index (χ4v) is 1.67. The second kappa shape index (κ2) is 5.08. The van der Waals surface area contributed by atoms with Gasteiger partial charge in [-0.1, -0.05) is 6.07 Å². The summed E-state index contributed by atoms with van der Waals surface area (Å²) < 4.78 is 5.31. The topological polar surface area (TPSA) is 34.2 Å². The highest BCUT2D eigenvalue weighted by atomic mass is 16.5. The molecule has 0 aromatic carbocycles. The molecule has 3 heteroatoms. The van der Waals surface area contributed by atoms with Gasteiger partial charge in [-0.05, 0) is 24.0 Å². The first-order chi connectivity index (χ1) is 6.95. The van der Waals surface area contributed by atoms with E-state index in [2.05, 4.69) is 16.4 Å². The summed E-state index contributed by atoms with van der Waals surface area (Å²) in [6, 6.07) is 4.06. The standard InChI is InChI=1S/C11H16N2O/c1-2-10(6-12-4-1)7-13-8-11-3-5-14-9-11/h1-2,4,6,11,13H,3,5,7-9H2. The zero-order valence-electron chi connectivity index (χ0n) is 8.28. The van der Waals surface area contributed by atoms with Gasteiger partial charge in [-0.2, -0.15) is 0 Å². The molecule has 1 unspecified atom stereocenters. The Bertz CT molecular complexity index is 257. The lowest BCUT2D eigenvalue weighted by atomic mass is 10.1. The van der Waals surface area contributed by atoms with Crippen LogP contribution in [0.5, 0.6) is 0 Å². The molecule has 2 heterocycles. The van der Waals surface area contributed by atoms with Gasteiger partial charge in [-0.3, -0.25) is 4.98 Å². The number of nitrogens with zero attached hydrogens (tertiary/aromatic N) is 1. The van der Waals surface area contributed by atoms with E-state index in [0.29, 0.717) is 5.92 Å². The Hall–Kier alpha value is -0.930. The summed E-state index contributed by atoms with van der Waals surface area (Å²) in [5.41, 5.74) is 1.24. The van der Waals surface area contributed by atoms with Crippen molar-refractivity contribution in [2.45, 2.75) is 13.0 Å². The maximum Gasteiger partial charge on any atom is 0.0507 e. The first kappa shape index (κ1) is 9.62. The molecule has 1 aromatic heterocycles. The van der Waals surface area contributed by atoms with Gasteiger partial charge in [0.15, 0.2) is 0 Å². The Labute approximate surface area is 84.5 Å². The molecule has 1 aliphatic heterocycles. The minimum atomic E-state index is 0.701. The van der Waals surface area contributed by atoms with E-state index in [4.69, 9.17) is 4.74 Å². The van der Waals surface area contributed by atoms with Crippen LogP contribution in [0.25, 0.3) is 0 Å². The third-order valence-corrected chi connectivity index (χ3v) is 2.51. The summed E-state index contributed by atoms with van der Waals surface area (Å²) in [6.07, 6.45) is 4.90. The fraction of sp³-hybridized carbons (Fsp3) is 0.545. The smallest absolute Gasteiger partial charge is 0.0507 e. The lowest BCUT2D eigenvalue weighted by Crippen LogP contribution is -2.22. The van der Waals surface area contributed by atoms with Crippen molar-refractivity contribution in [3.05, 3.63) is 30.1 Å². The molecule has 0 aliphatic carbocycles. The zero-order valence-corrected chi connectivity index (χ0v) is 8.28. The van der Waals surface area contributed by atoms with E-state index in [9.17, 15) is 0 Å². The highest BCUT2D eigenvalue weighted by Gasteiger charge is 2.14. The highest BCUT2D eigenvalue weighted by Crippen LogP contribution is 2.10. The number of hydrogen-bond donors (Lipinski definition) is 1. The van der Waals surface area contributed by atoms with E-state index < -0.39 is 0 Å². The molecule has 1 fully saturated rings. The SMILES string of the molecule is c1cncc(CNCC2CCOC2)c1. The van der Waals surface area contributed by atoms with Gasteiger partial charge in [-0.15, -0.1) is 0 Å². The van der Waals surface area contributed by atoms with Crippen LogP contribution < -0.4 is 5.32 Å². The minimum Gasteiger partial charge on any atom is -0.381 e. The Morgan fingerprint density at radius 2 is 2.57 bits per heavy atom. The van der Waals surface area contributed by atoms with Crippen molar-refractivity contribution < 1.29 is 4.74 Å². The van der Waals surface area contributed by atoms with Crippen LogP contribution in [0.3, 0.4) is 0 Å². The fourth-order valence-electron chi connectivity index (χ4n) is 1.67. The van der Waals surface area contributed by atoms with Crippen molar-refractivity contribution >= 4 is 0 Å². The van der Waals surface area contributed by atoms with Crippen LogP contribution in [-0.4, -0.2) is 24.7 Å². The van der Waals surface area contributed by atoms with Crippen molar-refractivity contribution in [3.63, 3.8) is 0 Å². The summed E-state index contributed by atoms with van der Waals surface area (Å²) in [5, 5.41) is 3.42. The van der Waals surface area contributed by atoms with E-state index in [1.54, 1.807) is 6.20 Å². The van der Waals surface area contributed by atoms with Gasteiger partial charge >= 0.3 is 0 Å². The van der Waals surface area contributed by atoms with Crippen LogP contribution in [-0.2, 0) is 11.3 Å². The minimum absolute atomic E-state index is 0.701. The molecule has 0 saturated carbocycles. The largest absolute Gasteiger partial charge is 0.381 e. The third-order valence-electron chi connectivity index (χ3n) is 2.51. The molecule has 1 saturated heterocycles. The number of nitrogens with one attached hydrogen (secondary N) is 1. The summed E-state index contributed by atoms with van der Waals surface area (Å²) in [6.45, 7) is 3.80. The van der Waals surface area contributed by atoms with E-state index >= 15 is 0 Å². The van der Waals surface area contributed by atoms with E-state index in [-0.39, 0.29) is 0 Å². The molecule has 1 atom stereocenters. The van der Waals surface area contributed by atoms with Gasteiger partial charge in [0.1, 0.15) is 0 Å². The van der Waals surface area contributed by atoms with E-state index in [1.807, 2.05) is 12.3 Å². The highest BCUT2D eigenvalue weighted by molar-refractivity contribution is 5.07. The zero-order chi connectivity index (χ0) is 9.64. The van der Waals surface area contributed by atoms with E-state index in [1.165, 1.54) is 12.0 Å². The molecule has 2 rings (SSSR count). The molecule has 0 radical (unpaired) electrons. The number of pyridine rings is 1. The van der Waals surface area contributed by atoms with Crippen LogP contribution in [0.1, 0.15) is 12.0 Å². The average Bonchev–Trinajstić information content (AvgIpc) is 2.72. The van der Waals surface area contributed by atoms with Crippen molar-refractivity contribution in [1.29, 1.82) is 0 Å². The third kappa shape index (κ3) is 2.79. The second-order valence-corrected chi connectivity index (χ2v) is 3.72. The second-order valence-electron chi connectivity index (χ2n) is 3.72. The Balaban J connectivity index is 1.67. The molecule has 14 heavy (non-hydrogen) atoms. The summed E-state index contributed by atoms with van der Waals surface area (Å²) in [5.74, 6) is 0.701. The van der Waals surface area contributed by atoms with Gasteiger partial charge in [0.25, 0.3) is 0 Å². The first-order valence-electron chi connectivity index (χ1n) is 5.12. The molecule has 1 N–H and O–H groups in total. The average molecular weight is 192 g/mol. The number of hydrogen-bond acceptors (Lipinski definition) is 3. The Kier molecular flexibility index (Phi) is 3.49. The summed E-state index contributed by atoms with van der Waals surface area (Å²) in [7, 11) is 0. The van der Waals surface area contributed by atoms with Gasteiger partial charge in [0.2, 0.25) is 0 Å². The molecule has 0 amide bonds. The molecule has 0 spiro atoms. The molecule has 3 nitrogen and oxygen atoms in total. The van der Waals surface area contributed by atoms with Gasteiger partial charge < -0.3 is 10.1 Å². The Morgan fingerprint density at radius 1 is 1.57 bits per heavy atom. The maximum absolute atomic E-state index is 5.31. The molecule has 1 aromatic rings. The summed E-state index contributed by atoms with van der Waals surface area (Å²) in [4.78, 5) is 4.07. The lowest BCUT2D eigenvalue weighted by molar-refractivity contribution is 0.185. The van der Waals surface area contributed by atoms with Crippen LogP contribution in [0.2, 0.25) is 0 Å². The maximum atomic E-state index is 5.31. The molecule has 0 bridgehead atoms. The van der Waals surface area contributed by atoms with Crippen molar-refractivity contribution in [2.75, 3.05) is 19.8 Å². The van der Waals surface area contributed by atoms with Crippen molar-refractivity contribution in [2.24, 2.45) is 5.92 Å².